The van der Waals surface area contributed by atoms with Crippen LogP contribution in [0.1, 0.15) is 26.3 Å². The molecule has 0 fully saturated rings. The normalized spacial score (nSPS) is 10.3. The molecule has 2 N–H and O–H groups in total. The van der Waals surface area contributed by atoms with Gasteiger partial charge in [-0.2, -0.15) is 5.10 Å². The summed E-state index contributed by atoms with van der Waals surface area (Å²) < 4.78 is 0. The first kappa shape index (κ1) is 14.7. The predicted octanol–water partition coefficient (Wildman–Crippen LogP) is 3.45. The van der Waals surface area contributed by atoms with E-state index in [1.807, 2.05) is 31.3 Å². The number of anilines is 1. The minimum absolute atomic E-state index is 0.243. The Labute approximate surface area is 133 Å². The summed E-state index contributed by atoms with van der Waals surface area (Å²) in [5.41, 5.74) is 4.63. The quantitative estimate of drug-likeness (QED) is 0.725. The van der Waals surface area contributed by atoms with E-state index >= 15 is 0 Å². The molecule has 0 saturated heterocycles. The topological polar surface area (TPSA) is 74.8 Å². The molecule has 0 aliphatic heterocycles. The van der Waals surface area contributed by atoms with Crippen LogP contribution in [-0.4, -0.2) is 22.4 Å². The lowest BCUT2D eigenvalue weighted by Crippen LogP contribution is -2.13. The number of carbonyl (C=O) groups excluding carboxylic acids is 2. The molecule has 3 aromatic rings. The van der Waals surface area contributed by atoms with Crippen LogP contribution in [0.15, 0.2) is 54.9 Å². The Kier molecular flexibility index (Phi) is 4.01. The fraction of sp³-hybridized carbons (Fsp3) is 0.0556. The lowest BCUT2D eigenvalue weighted by atomic mass is 10.0. The highest BCUT2D eigenvalue weighted by atomic mass is 16.1. The third kappa shape index (κ3) is 3.18. The van der Waals surface area contributed by atoms with Crippen LogP contribution in [-0.2, 0) is 0 Å². The van der Waals surface area contributed by atoms with Crippen molar-refractivity contribution >= 4 is 17.9 Å². The highest BCUT2D eigenvalue weighted by Crippen LogP contribution is 2.24. The molecule has 0 saturated carbocycles. The molecule has 0 unspecified atom stereocenters. The van der Waals surface area contributed by atoms with Crippen LogP contribution in [0.25, 0.3) is 11.1 Å². The van der Waals surface area contributed by atoms with Gasteiger partial charge in [0.15, 0.2) is 0 Å². The number of hydrogen-bond donors (Lipinski definition) is 2. The first-order chi connectivity index (χ1) is 11.2. The SMILES string of the molecule is Cc1cc(-c2cn[nH]c2)ccc1NC(=O)c1cccc(C=O)c1. The van der Waals surface area contributed by atoms with E-state index in [4.69, 9.17) is 0 Å². The second-order valence-corrected chi connectivity index (χ2v) is 5.21. The molecule has 1 aromatic heterocycles. The average molecular weight is 305 g/mol. The molecule has 3 rings (SSSR count). The number of aldehydes is 1. The molecule has 0 radical (unpaired) electrons. The molecule has 1 heterocycles. The molecule has 0 bridgehead atoms. The fourth-order valence-corrected chi connectivity index (χ4v) is 2.34. The van der Waals surface area contributed by atoms with Crippen molar-refractivity contribution in [2.24, 2.45) is 0 Å². The van der Waals surface area contributed by atoms with E-state index in [0.717, 1.165) is 28.7 Å². The Morgan fingerprint density at radius 1 is 1.17 bits per heavy atom. The van der Waals surface area contributed by atoms with E-state index in [9.17, 15) is 9.59 Å². The van der Waals surface area contributed by atoms with E-state index < -0.39 is 0 Å². The van der Waals surface area contributed by atoms with E-state index in [0.29, 0.717) is 11.1 Å². The lowest BCUT2D eigenvalue weighted by molar-refractivity contribution is 0.102. The van der Waals surface area contributed by atoms with Crippen molar-refractivity contribution in [3.8, 4) is 11.1 Å². The standard InChI is InChI=1S/C18H15N3O2/c1-12-7-14(16-9-19-20-10-16)5-6-17(12)21-18(23)15-4-2-3-13(8-15)11-22/h2-11H,1H3,(H,19,20)(H,21,23). The average Bonchev–Trinajstić information content (AvgIpc) is 3.11. The Hall–Kier alpha value is -3.21. The van der Waals surface area contributed by atoms with Crippen LogP contribution in [0.2, 0.25) is 0 Å². The van der Waals surface area contributed by atoms with Gasteiger partial charge in [-0.3, -0.25) is 14.7 Å². The zero-order chi connectivity index (χ0) is 16.2. The van der Waals surface area contributed by atoms with Gasteiger partial charge < -0.3 is 5.32 Å². The van der Waals surface area contributed by atoms with Crippen LogP contribution in [0.3, 0.4) is 0 Å². The summed E-state index contributed by atoms with van der Waals surface area (Å²) in [6.07, 6.45) is 4.29. The fourth-order valence-electron chi connectivity index (χ4n) is 2.34. The van der Waals surface area contributed by atoms with Gasteiger partial charge in [0, 0.05) is 28.6 Å². The van der Waals surface area contributed by atoms with Crippen molar-refractivity contribution in [3.05, 3.63) is 71.5 Å². The lowest BCUT2D eigenvalue weighted by Gasteiger charge is -2.10. The highest BCUT2D eigenvalue weighted by molar-refractivity contribution is 6.05. The zero-order valence-corrected chi connectivity index (χ0v) is 12.5. The Bertz CT molecular complexity index is 854. The van der Waals surface area contributed by atoms with Gasteiger partial charge in [-0.1, -0.05) is 18.2 Å². The van der Waals surface area contributed by atoms with Gasteiger partial charge in [0.1, 0.15) is 6.29 Å². The maximum atomic E-state index is 12.3. The first-order valence-corrected chi connectivity index (χ1v) is 7.14. The zero-order valence-electron chi connectivity index (χ0n) is 12.5. The minimum Gasteiger partial charge on any atom is -0.322 e. The van der Waals surface area contributed by atoms with Crippen LogP contribution < -0.4 is 5.32 Å². The molecular weight excluding hydrogens is 290 g/mol. The summed E-state index contributed by atoms with van der Waals surface area (Å²) in [6, 6.07) is 12.4. The van der Waals surface area contributed by atoms with E-state index in [2.05, 4.69) is 15.5 Å². The minimum atomic E-state index is -0.243. The summed E-state index contributed by atoms with van der Waals surface area (Å²) >= 11 is 0. The summed E-state index contributed by atoms with van der Waals surface area (Å²) in [6.45, 7) is 1.93. The van der Waals surface area contributed by atoms with Crippen molar-refractivity contribution in [1.82, 2.24) is 10.2 Å². The van der Waals surface area contributed by atoms with Crippen molar-refractivity contribution in [1.29, 1.82) is 0 Å². The molecule has 0 aliphatic rings. The van der Waals surface area contributed by atoms with Gasteiger partial charge in [-0.15, -0.1) is 0 Å². The smallest absolute Gasteiger partial charge is 0.255 e. The Morgan fingerprint density at radius 2 is 2.04 bits per heavy atom. The van der Waals surface area contributed by atoms with Gasteiger partial charge in [-0.05, 0) is 42.3 Å². The maximum absolute atomic E-state index is 12.3. The molecule has 1 amide bonds. The number of hydrogen-bond acceptors (Lipinski definition) is 3. The van der Waals surface area contributed by atoms with E-state index in [1.54, 1.807) is 30.5 Å². The second-order valence-electron chi connectivity index (χ2n) is 5.21. The van der Waals surface area contributed by atoms with Gasteiger partial charge in [0.25, 0.3) is 5.91 Å². The number of benzene rings is 2. The molecule has 114 valence electrons. The molecular formula is C18H15N3O2. The summed E-state index contributed by atoms with van der Waals surface area (Å²) in [5, 5.41) is 9.58. The number of aryl methyl sites for hydroxylation is 1. The Balaban J connectivity index is 1.82. The number of aromatic nitrogens is 2. The van der Waals surface area contributed by atoms with Crippen molar-refractivity contribution in [2.45, 2.75) is 6.92 Å². The monoisotopic (exact) mass is 305 g/mol. The number of rotatable bonds is 4. The van der Waals surface area contributed by atoms with Crippen LogP contribution in [0, 0.1) is 6.92 Å². The third-order valence-corrected chi connectivity index (χ3v) is 3.59. The predicted molar refractivity (Wildman–Crippen MR) is 88.5 cm³/mol. The van der Waals surface area contributed by atoms with Crippen LogP contribution in [0.5, 0.6) is 0 Å². The molecule has 5 nitrogen and oxygen atoms in total. The van der Waals surface area contributed by atoms with Crippen molar-refractivity contribution in [3.63, 3.8) is 0 Å². The summed E-state index contributed by atoms with van der Waals surface area (Å²) in [4.78, 5) is 23.1. The largest absolute Gasteiger partial charge is 0.322 e. The number of carbonyl (C=O) groups is 2. The molecule has 0 aliphatic carbocycles. The number of nitrogens with zero attached hydrogens (tertiary/aromatic N) is 1. The first-order valence-electron chi connectivity index (χ1n) is 7.14. The van der Waals surface area contributed by atoms with Gasteiger partial charge in [-0.25, -0.2) is 0 Å². The maximum Gasteiger partial charge on any atom is 0.255 e. The van der Waals surface area contributed by atoms with Gasteiger partial charge in [0.2, 0.25) is 0 Å². The summed E-state index contributed by atoms with van der Waals surface area (Å²) in [7, 11) is 0. The molecule has 0 atom stereocenters. The number of amides is 1. The van der Waals surface area contributed by atoms with Crippen molar-refractivity contribution in [2.75, 3.05) is 5.32 Å². The van der Waals surface area contributed by atoms with E-state index in [-0.39, 0.29) is 5.91 Å². The van der Waals surface area contributed by atoms with Gasteiger partial charge >= 0.3 is 0 Å². The highest BCUT2D eigenvalue weighted by Gasteiger charge is 2.09. The Morgan fingerprint density at radius 3 is 2.74 bits per heavy atom. The summed E-state index contributed by atoms with van der Waals surface area (Å²) in [5.74, 6) is -0.243. The number of H-pyrrole nitrogens is 1. The van der Waals surface area contributed by atoms with Gasteiger partial charge in [0.05, 0.1) is 6.20 Å². The van der Waals surface area contributed by atoms with Crippen LogP contribution >= 0.6 is 0 Å². The second kappa shape index (κ2) is 6.27. The number of aromatic amines is 1. The third-order valence-electron chi connectivity index (χ3n) is 3.59. The molecule has 5 heteroatoms. The van der Waals surface area contributed by atoms with Crippen LogP contribution in [0.4, 0.5) is 5.69 Å². The van der Waals surface area contributed by atoms with E-state index in [1.165, 1.54) is 0 Å². The molecule has 0 spiro atoms. The van der Waals surface area contributed by atoms with Crippen molar-refractivity contribution < 1.29 is 9.59 Å². The molecule has 2 aromatic carbocycles. The number of nitrogens with one attached hydrogen (secondary N) is 2. The molecule has 23 heavy (non-hydrogen) atoms.